The van der Waals surface area contributed by atoms with Crippen LogP contribution in [0.4, 0.5) is 0 Å². The minimum absolute atomic E-state index is 0.124. The molecule has 1 aromatic carbocycles. The quantitative estimate of drug-likeness (QED) is 0.686. The molecule has 0 aliphatic carbocycles. The highest BCUT2D eigenvalue weighted by Gasteiger charge is 2.08. The van der Waals surface area contributed by atoms with E-state index in [1.807, 2.05) is 0 Å². The Morgan fingerprint density at radius 2 is 2.00 bits per heavy atom. The van der Waals surface area contributed by atoms with E-state index in [-0.39, 0.29) is 17.9 Å². The molecule has 0 radical (unpaired) electrons. The normalized spacial score (nSPS) is 10.3. The van der Waals surface area contributed by atoms with Gasteiger partial charge < -0.3 is 15.8 Å². The maximum Gasteiger partial charge on any atom is 0.255 e. The second kappa shape index (κ2) is 4.16. The van der Waals surface area contributed by atoms with Crippen LogP contribution in [0.3, 0.4) is 0 Å². The molecule has 82 valence electrons. The van der Waals surface area contributed by atoms with E-state index in [0.717, 1.165) is 5.56 Å². The molecule has 1 heterocycles. The summed E-state index contributed by atoms with van der Waals surface area (Å²) < 4.78 is 0. The van der Waals surface area contributed by atoms with Gasteiger partial charge in [0.1, 0.15) is 5.75 Å². The van der Waals surface area contributed by atoms with Gasteiger partial charge in [-0.15, -0.1) is 0 Å². The van der Waals surface area contributed by atoms with Crippen molar-refractivity contribution in [1.29, 1.82) is 0 Å². The van der Waals surface area contributed by atoms with Crippen molar-refractivity contribution in [2.75, 3.05) is 0 Å². The van der Waals surface area contributed by atoms with Crippen LogP contribution in [0.15, 0.2) is 35.4 Å². The van der Waals surface area contributed by atoms with Gasteiger partial charge in [-0.05, 0) is 24.3 Å². The molecular formula is C11H11N3O2. The second-order valence-corrected chi connectivity index (χ2v) is 3.31. The number of aromatic hydroxyl groups is 1. The lowest BCUT2D eigenvalue weighted by molar-refractivity contribution is 0.475. The monoisotopic (exact) mass is 217 g/mol. The van der Waals surface area contributed by atoms with E-state index in [9.17, 15) is 9.90 Å². The van der Waals surface area contributed by atoms with Crippen LogP contribution < -0.4 is 11.3 Å². The van der Waals surface area contributed by atoms with Crippen molar-refractivity contribution in [2.24, 2.45) is 5.73 Å². The van der Waals surface area contributed by atoms with E-state index < -0.39 is 0 Å². The van der Waals surface area contributed by atoms with E-state index in [1.165, 1.54) is 6.33 Å². The van der Waals surface area contributed by atoms with Crippen molar-refractivity contribution in [2.45, 2.75) is 6.54 Å². The van der Waals surface area contributed by atoms with Gasteiger partial charge in [0.2, 0.25) is 0 Å². The SMILES string of the molecule is NCc1c(-c2ccc(O)cc2)nc[nH]c1=O. The summed E-state index contributed by atoms with van der Waals surface area (Å²) in [7, 11) is 0. The maximum atomic E-state index is 11.5. The molecule has 0 atom stereocenters. The number of hydrogen-bond acceptors (Lipinski definition) is 4. The first kappa shape index (κ1) is 10.4. The molecular weight excluding hydrogens is 206 g/mol. The summed E-state index contributed by atoms with van der Waals surface area (Å²) in [5.41, 5.74) is 7.01. The molecule has 2 rings (SSSR count). The van der Waals surface area contributed by atoms with Gasteiger partial charge in [0.05, 0.1) is 17.6 Å². The third kappa shape index (κ3) is 1.80. The summed E-state index contributed by atoms with van der Waals surface area (Å²) in [6.07, 6.45) is 1.34. The summed E-state index contributed by atoms with van der Waals surface area (Å²) in [5.74, 6) is 0.169. The van der Waals surface area contributed by atoms with E-state index in [1.54, 1.807) is 24.3 Å². The molecule has 2 aromatic rings. The number of aromatic nitrogens is 2. The van der Waals surface area contributed by atoms with Crippen molar-refractivity contribution in [1.82, 2.24) is 9.97 Å². The highest BCUT2D eigenvalue weighted by molar-refractivity contribution is 5.63. The van der Waals surface area contributed by atoms with Gasteiger partial charge in [-0.3, -0.25) is 4.79 Å². The van der Waals surface area contributed by atoms with Crippen LogP contribution in [0.1, 0.15) is 5.56 Å². The molecule has 0 spiro atoms. The average Bonchev–Trinajstić information content (AvgIpc) is 2.30. The lowest BCUT2D eigenvalue weighted by atomic mass is 10.1. The minimum Gasteiger partial charge on any atom is -0.508 e. The summed E-state index contributed by atoms with van der Waals surface area (Å²) in [4.78, 5) is 18.1. The molecule has 5 heteroatoms. The molecule has 0 bridgehead atoms. The Kier molecular flexibility index (Phi) is 2.70. The van der Waals surface area contributed by atoms with Gasteiger partial charge in [0.25, 0.3) is 5.56 Å². The van der Waals surface area contributed by atoms with E-state index >= 15 is 0 Å². The van der Waals surface area contributed by atoms with Crippen LogP contribution in [-0.4, -0.2) is 15.1 Å². The second-order valence-electron chi connectivity index (χ2n) is 3.31. The Morgan fingerprint density at radius 1 is 1.31 bits per heavy atom. The number of nitrogens with one attached hydrogen (secondary N) is 1. The summed E-state index contributed by atoms with van der Waals surface area (Å²) in [6, 6.07) is 6.46. The van der Waals surface area contributed by atoms with Crippen molar-refractivity contribution < 1.29 is 5.11 Å². The Balaban J connectivity index is 2.60. The molecule has 0 saturated heterocycles. The van der Waals surface area contributed by atoms with E-state index in [4.69, 9.17) is 5.73 Å². The highest BCUT2D eigenvalue weighted by atomic mass is 16.3. The number of phenolic OH excluding ortho intramolecular Hbond substituents is 1. The predicted molar refractivity (Wildman–Crippen MR) is 59.8 cm³/mol. The van der Waals surface area contributed by atoms with Crippen molar-refractivity contribution in [3.8, 4) is 17.0 Å². The average molecular weight is 217 g/mol. The first-order valence-corrected chi connectivity index (χ1v) is 4.78. The van der Waals surface area contributed by atoms with Gasteiger partial charge >= 0.3 is 0 Å². The first-order valence-electron chi connectivity index (χ1n) is 4.78. The fourth-order valence-corrected chi connectivity index (χ4v) is 1.49. The number of nitrogens with zero attached hydrogens (tertiary/aromatic N) is 1. The van der Waals surface area contributed by atoms with Crippen molar-refractivity contribution in [3.63, 3.8) is 0 Å². The molecule has 4 N–H and O–H groups in total. The molecule has 0 fully saturated rings. The fraction of sp³-hybridized carbons (Fsp3) is 0.0909. The summed E-state index contributed by atoms with van der Waals surface area (Å²) >= 11 is 0. The Morgan fingerprint density at radius 3 is 2.62 bits per heavy atom. The maximum absolute atomic E-state index is 11.5. The molecule has 1 aromatic heterocycles. The van der Waals surface area contributed by atoms with Gasteiger partial charge in [0.15, 0.2) is 0 Å². The molecule has 0 aliphatic rings. The molecule has 0 aliphatic heterocycles. The Labute approximate surface area is 91.6 Å². The highest BCUT2D eigenvalue weighted by Crippen LogP contribution is 2.20. The van der Waals surface area contributed by atoms with Crippen LogP contribution in [0.5, 0.6) is 5.75 Å². The number of benzene rings is 1. The smallest absolute Gasteiger partial charge is 0.255 e. The summed E-state index contributed by atoms with van der Waals surface area (Å²) in [6.45, 7) is 0.124. The third-order valence-corrected chi connectivity index (χ3v) is 2.29. The Hall–Kier alpha value is -2.14. The number of nitrogens with two attached hydrogens (primary N) is 1. The number of aromatic amines is 1. The van der Waals surface area contributed by atoms with E-state index in [2.05, 4.69) is 9.97 Å². The molecule has 0 unspecified atom stereocenters. The standard InChI is InChI=1S/C11H11N3O2/c12-5-9-10(13-6-14-11(9)16)7-1-3-8(15)4-2-7/h1-4,6,15H,5,12H2,(H,13,14,16). The molecule has 5 nitrogen and oxygen atoms in total. The van der Waals surface area contributed by atoms with Crippen LogP contribution in [0.25, 0.3) is 11.3 Å². The molecule has 16 heavy (non-hydrogen) atoms. The topological polar surface area (TPSA) is 92.0 Å². The van der Waals surface area contributed by atoms with Crippen LogP contribution in [0, 0.1) is 0 Å². The van der Waals surface area contributed by atoms with Gasteiger partial charge in [-0.1, -0.05) is 0 Å². The number of phenols is 1. The van der Waals surface area contributed by atoms with Gasteiger partial charge in [0, 0.05) is 12.1 Å². The summed E-state index contributed by atoms with van der Waals surface area (Å²) in [5, 5.41) is 9.17. The van der Waals surface area contributed by atoms with Crippen LogP contribution in [0.2, 0.25) is 0 Å². The van der Waals surface area contributed by atoms with Crippen LogP contribution >= 0.6 is 0 Å². The zero-order chi connectivity index (χ0) is 11.5. The predicted octanol–water partition coefficient (Wildman–Crippen LogP) is 0.601. The molecule has 0 amide bonds. The lowest BCUT2D eigenvalue weighted by Crippen LogP contribution is -2.18. The first-order chi connectivity index (χ1) is 7.72. The van der Waals surface area contributed by atoms with Crippen molar-refractivity contribution in [3.05, 3.63) is 46.5 Å². The lowest BCUT2D eigenvalue weighted by Gasteiger charge is -2.05. The largest absolute Gasteiger partial charge is 0.508 e. The van der Waals surface area contributed by atoms with E-state index in [0.29, 0.717) is 11.3 Å². The van der Waals surface area contributed by atoms with Crippen LogP contribution in [-0.2, 0) is 6.54 Å². The number of hydrogen-bond donors (Lipinski definition) is 3. The van der Waals surface area contributed by atoms with Gasteiger partial charge in [-0.25, -0.2) is 4.98 Å². The Bertz CT molecular complexity index is 546. The van der Waals surface area contributed by atoms with Crippen molar-refractivity contribution >= 4 is 0 Å². The fourth-order valence-electron chi connectivity index (χ4n) is 1.49. The zero-order valence-electron chi connectivity index (χ0n) is 8.47. The zero-order valence-corrected chi connectivity index (χ0v) is 8.47. The molecule has 0 saturated carbocycles. The number of rotatable bonds is 2. The minimum atomic E-state index is -0.236. The third-order valence-electron chi connectivity index (χ3n) is 2.29. The number of H-pyrrole nitrogens is 1. The van der Waals surface area contributed by atoms with Gasteiger partial charge in [-0.2, -0.15) is 0 Å².